The van der Waals surface area contributed by atoms with E-state index in [0.29, 0.717) is 68.5 Å². The highest BCUT2D eigenvalue weighted by molar-refractivity contribution is 5.90. The smallest absolute Gasteiger partial charge is 0.320 e. The fraction of sp³-hybridized carbons (Fsp3) is 0.414. The Hall–Kier alpha value is -3.83. The first-order chi connectivity index (χ1) is 19.3. The molecule has 0 spiro atoms. The van der Waals surface area contributed by atoms with E-state index in [2.05, 4.69) is 20.6 Å². The Kier molecular flexibility index (Phi) is 9.84. The number of para-hydroxylation sites is 1. The number of likely N-dealkylation sites (tertiary alicyclic amines) is 1. The number of hydrogen-bond donors (Lipinski definition) is 2. The minimum atomic E-state index is -0.922. The molecule has 2 heterocycles. The Morgan fingerprint density at radius 3 is 2.55 bits per heavy atom. The number of ether oxygens (including phenoxy) is 2. The van der Waals surface area contributed by atoms with Gasteiger partial charge in [-0.2, -0.15) is 0 Å². The molecule has 0 saturated carbocycles. The number of halogens is 2. The standard InChI is InChI=1S/C29H35F2N5O4/c1-19(37)8-7-14-40-28-20(2)27(36(34-28)22-9-5-4-6-10-22)33-29(38)32-26-18-35(13-15-39-3)17-23(26)21-11-12-24(30)25(31)16-21/h4-6,9-12,16,23,26H,7-8,13-15,17-18H2,1-3H3,(H2,32,33,38)/t23-,26+/m0/s1. The molecule has 40 heavy (non-hydrogen) atoms. The van der Waals surface area contributed by atoms with E-state index < -0.39 is 17.7 Å². The van der Waals surface area contributed by atoms with Gasteiger partial charge in [-0.3, -0.25) is 10.2 Å². The van der Waals surface area contributed by atoms with Gasteiger partial charge in [0.15, 0.2) is 11.6 Å². The van der Waals surface area contributed by atoms with Gasteiger partial charge in [-0.1, -0.05) is 24.3 Å². The van der Waals surface area contributed by atoms with Crippen molar-refractivity contribution >= 4 is 17.6 Å². The number of carbonyl (C=O) groups excluding carboxylic acids is 2. The predicted molar refractivity (Wildman–Crippen MR) is 147 cm³/mol. The average Bonchev–Trinajstić information content (AvgIpc) is 3.47. The van der Waals surface area contributed by atoms with Gasteiger partial charge in [-0.15, -0.1) is 5.10 Å². The van der Waals surface area contributed by atoms with Gasteiger partial charge < -0.3 is 19.6 Å². The summed E-state index contributed by atoms with van der Waals surface area (Å²) in [7, 11) is 1.62. The summed E-state index contributed by atoms with van der Waals surface area (Å²) in [6, 6.07) is 12.4. The molecule has 214 valence electrons. The number of benzene rings is 2. The number of aromatic nitrogens is 2. The van der Waals surface area contributed by atoms with Crippen molar-refractivity contribution in [2.24, 2.45) is 0 Å². The SMILES string of the molecule is COCCN1C[C@@H](NC(=O)Nc2c(C)c(OCCCC(C)=O)nn2-c2ccccc2)[C@H](c2ccc(F)c(F)c2)C1. The lowest BCUT2D eigenvalue weighted by Crippen LogP contribution is -2.42. The summed E-state index contributed by atoms with van der Waals surface area (Å²) in [6.07, 6.45) is 0.969. The molecule has 0 unspecified atom stereocenters. The van der Waals surface area contributed by atoms with Crippen molar-refractivity contribution in [2.45, 2.75) is 38.6 Å². The highest BCUT2D eigenvalue weighted by Gasteiger charge is 2.35. The molecule has 4 rings (SSSR count). The van der Waals surface area contributed by atoms with Crippen LogP contribution >= 0.6 is 0 Å². The van der Waals surface area contributed by atoms with Crippen LogP contribution in [0.3, 0.4) is 0 Å². The molecule has 11 heteroatoms. The molecular formula is C29H35F2N5O4. The van der Waals surface area contributed by atoms with Crippen LogP contribution in [-0.2, 0) is 9.53 Å². The highest BCUT2D eigenvalue weighted by Crippen LogP contribution is 2.31. The van der Waals surface area contributed by atoms with Gasteiger partial charge in [0.1, 0.15) is 11.6 Å². The van der Waals surface area contributed by atoms with Crippen molar-refractivity contribution in [3.8, 4) is 11.6 Å². The third-order valence-corrected chi connectivity index (χ3v) is 6.92. The van der Waals surface area contributed by atoms with Gasteiger partial charge in [0, 0.05) is 39.1 Å². The zero-order valence-corrected chi connectivity index (χ0v) is 23.0. The number of methoxy groups -OCH3 is 1. The molecule has 0 aliphatic carbocycles. The van der Waals surface area contributed by atoms with Crippen LogP contribution in [0.25, 0.3) is 5.69 Å². The molecule has 1 aliphatic rings. The number of ketones is 1. The van der Waals surface area contributed by atoms with Crippen molar-refractivity contribution in [1.82, 2.24) is 20.0 Å². The molecule has 1 aliphatic heterocycles. The van der Waals surface area contributed by atoms with Crippen LogP contribution < -0.4 is 15.4 Å². The molecule has 0 bridgehead atoms. The van der Waals surface area contributed by atoms with Crippen LogP contribution in [0.1, 0.15) is 36.8 Å². The third-order valence-electron chi connectivity index (χ3n) is 6.92. The maximum Gasteiger partial charge on any atom is 0.320 e. The lowest BCUT2D eigenvalue weighted by Gasteiger charge is -2.21. The normalized spacial score (nSPS) is 17.1. The van der Waals surface area contributed by atoms with Crippen LogP contribution in [0.5, 0.6) is 5.88 Å². The summed E-state index contributed by atoms with van der Waals surface area (Å²) in [5, 5.41) is 10.5. The zero-order valence-electron chi connectivity index (χ0n) is 23.0. The molecular weight excluding hydrogens is 520 g/mol. The van der Waals surface area contributed by atoms with E-state index in [1.165, 1.54) is 13.0 Å². The van der Waals surface area contributed by atoms with E-state index >= 15 is 0 Å². The molecule has 1 fully saturated rings. The molecule has 2 amide bonds. The first-order valence-corrected chi connectivity index (χ1v) is 13.3. The summed E-state index contributed by atoms with van der Waals surface area (Å²) < 4.78 is 40.3. The number of nitrogens with one attached hydrogen (secondary N) is 2. The van der Waals surface area contributed by atoms with Crippen molar-refractivity contribution in [3.63, 3.8) is 0 Å². The van der Waals surface area contributed by atoms with Gasteiger partial charge in [-0.25, -0.2) is 18.3 Å². The number of carbonyl (C=O) groups is 2. The average molecular weight is 556 g/mol. The minimum absolute atomic E-state index is 0.0866. The van der Waals surface area contributed by atoms with Crippen LogP contribution in [0.2, 0.25) is 0 Å². The lowest BCUT2D eigenvalue weighted by molar-refractivity contribution is -0.117. The Balaban J connectivity index is 1.54. The first kappa shape index (κ1) is 29.2. The number of anilines is 1. The third kappa shape index (κ3) is 7.22. The van der Waals surface area contributed by atoms with Crippen molar-refractivity contribution in [1.29, 1.82) is 0 Å². The Bertz CT molecular complexity index is 1320. The highest BCUT2D eigenvalue weighted by atomic mass is 19.2. The summed E-state index contributed by atoms with van der Waals surface area (Å²) in [6.45, 7) is 5.87. The van der Waals surface area contributed by atoms with Crippen LogP contribution in [0, 0.1) is 18.6 Å². The lowest BCUT2D eigenvalue weighted by atomic mass is 9.94. The Labute approximate surface area is 232 Å². The molecule has 2 atom stereocenters. The van der Waals surface area contributed by atoms with E-state index in [-0.39, 0.29) is 17.7 Å². The number of Topliss-reactive ketones (excluding diaryl/α,β-unsaturated/α-hetero) is 1. The summed E-state index contributed by atoms with van der Waals surface area (Å²) in [4.78, 5) is 26.7. The second kappa shape index (κ2) is 13.5. The quantitative estimate of drug-likeness (QED) is 0.321. The number of rotatable bonds is 12. The number of nitrogens with zero attached hydrogens (tertiary/aromatic N) is 3. The zero-order chi connectivity index (χ0) is 28.6. The van der Waals surface area contributed by atoms with Gasteiger partial charge in [-0.05, 0) is 50.1 Å². The van der Waals surface area contributed by atoms with Gasteiger partial charge in [0.2, 0.25) is 5.88 Å². The van der Waals surface area contributed by atoms with Crippen molar-refractivity contribution in [2.75, 3.05) is 45.3 Å². The largest absolute Gasteiger partial charge is 0.476 e. The van der Waals surface area contributed by atoms with Crippen molar-refractivity contribution < 1.29 is 27.8 Å². The summed E-state index contributed by atoms with van der Waals surface area (Å²) in [5.41, 5.74) is 1.97. The second-order valence-corrected chi connectivity index (χ2v) is 9.92. The fourth-order valence-electron chi connectivity index (χ4n) is 4.83. The van der Waals surface area contributed by atoms with Gasteiger partial charge in [0.05, 0.1) is 30.5 Å². The maximum absolute atomic E-state index is 14.1. The van der Waals surface area contributed by atoms with Gasteiger partial charge in [0.25, 0.3) is 0 Å². The van der Waals surface area contributed by atoms with E-state index in [4.69, 9.17) is 9.47 Å². The topological polar surface area (TPSA) is 97.7 Å². The Morgan fingerprint density at radius 2 is 1.85 bits per heavy atom. The molecule has 1 saturated heterocycles. The maximum atomic E-state index is 14.1. The molecule has 2 N–H and O–H groups in total. The van der Waals surface area contributed by atoms with E-state index in [0.717, 1.165) is 11.8 Å². The molecule has 2 aromatic carbocycles. The van der Waals surface area contributed by atoms with E-state index in [1.807, 2.05) is 30.3 Å². The monoisotopic (exact) mass is 555 g/mol. The summed E-state index contributed by atoms with van der Waals surface area (Å²) in [5.74, 6) is -1.21. The molecule has 3 aromatic rings. The molecule has 9 nitrogen and oxygen atoms in total. The first-order valence-electron chi connectivity index (χ1n) is 13.3. The number of urea groups is 1. The van der Waals surface area contributed by atoms with Crippen LogP contribution in [0.15, 0.2) is 48.5 Å². The number of hydrogen-bond acceptors (Lipinski definition) is 6. The van der Waals surface area contributed by atoms with E-state index in [9.17, 15) is 18.4 Å². The van der Waals surface area contributed by atoms with Crippen LogP contribution in [-0.4, -0.2) is 72.5 Å². The summed E-state index contributed by atoms with van der Waals surface area (Å²) >= 11 is 0. The molecule has 1 aromatic heterocycles. The predicted octanol–water partition coefficient (Wildman–Crippen LogP) is 4.44. The number of amides is 2. The Morgan fingerprint density at radius 1 is 1.07 bits per heavy atom. The second-order valence-electron chi connectivity index (χ2n) is 9.92. The minimum Gasteiger partial charge on any atom is -0.476 e. The fourth-order valence-corrected chi connectivity index (χ4v) is 4.83. The van der Waals surface area contributed by atoms with Crippen LogP contribution in [0.4, 0.5) is 19.4 Å². The molecule has 0 radical (unpaired) electrons. The van der Waals surface area contributed by atoms with Crippen molar-refractivity contribution in [3.05, 3.63) is 71.3 Å². The van der Waals surface area contributed by atoms with E-state index in [1.54, 1.807) is 24.8 Å². The van der Waals surface area contributed by atoms with Gasteiger partial charge >= 0.3 is 6.03 Å².